The van der Waals surface area contributed by atoms with Gasteiger partial charge in [-0.05, 0) is 31.9 Å². The summed E-state index contributed by atoms with van der Waals surface area (Å²) in [5.74, 6) is 0.947. The molecule has 0 aromatic heterocycles. The summed E-state index contributed by atoms with van der Waals surface area (Å²) in [7, 11) is 1.72. The fraction of sp³-hybridized carbons (Fsp3) is 0.538. The Balaban J connectivity index is 2.14. The third-order valence-corrected chi connectivity index (χ3v) is 3.33. The zero-order valence-electron chi connectivity index (χ0n) is 10.1. The van der Waals surface area contributed by atoms with E-state index < -0.39 is 0 Å². The molecule has 1 aromatic carbocycles. The van der Waals surface area contributed by atoms with Crippen LogP contribution in [0.25, 0.3) is 0 Å². The van der Waals surface area contributed by atoms with E-state index in [0.29, 0.717) is 0 Å². The highest BCUT2D eigenvalue weighted by Crippen LogP contribution is 2.31. The van der Waals surface area contributed by atoms with E-state index in [9.17, 15) is 0 Å². The Morgan fingerprint density at radius 1 is 1.25 bits per heavy atom. The van der Waals surface area contributed by atoms with Crippen molar-refractivity contribution in [2.75, 3.05) is 25.1 Å². The molecule has 16 heavy (non-hydrogen) atoms. The van der Waals surface area contributed by atoms with Crippen LogP contribution in [0, 0.1) is 0 Å². The summed E-state index contributed by atoms with van der Waals surface area (Å²) in [6.45, 7) is 4.15. The molecule has 0 atom stereocenters. The molecule has 1 aliphatic rings. The van der Waals surface area contributed by atoms with Crippen molar-refractivity contribution in [1.82, 2.24) is 0 Å². The van der Waals surface area contributed by atoms with E-state index in [1.54, 1.807) is 7.11 Å². The van der Waals surface area contributed by atoms with E-state index in [0.717, 1.165) is 31.7 Å². The minimum Gasteiger partial charge on any atom is -0.495 e. The normalized spacial score (nSPS) is 19.6. The summed E-state index contributed by atoms with van der Waals surface area (Å²) in [6, 6.07) is 8.16. The molecule has 3 nitrogen and oxygen atoms in total. The number of hydrogen-bond donors (Lipinski definition) is 1. The van der Waals surface area contributed by atoms with Crippen molar-refractivity contribution in [3.8, 4) is 5.75 Å². The Morgan fingerprint density at radius 2 is 1.88 bits per heavy atom. The average Bonchev–Trinajstić information content (AvgIpc) is 2.29. The van der Waals surface area contributed by atoms with Crippen molar-refractivity contribution in [2.24, 2.45) is 5.73 Å². The minimum atomic E-state index is -0.00147. The van der Waals surface area contributed by atoms with Crippen LogP contribution in [0.1, 0.15) is 19.8 Å². The third-order valence-electron chi connectivity index (χ3n) is 3.33. The number of para-hydroxylation sites is 2. The van der Waals surface area contributed by atoms with E-state index >= 15 is 0 Å². The van der Waals surface area contributed by atoms with Gasteiger partial charge in [0.1, 0.15) is 5.75 Å². The molecule has 88 valence electrons. The summed E-state index contributed by atoms with van der Waals surface area (Å²) in [5.41, 5.74) is 7.31. The van der Waals surface area contributed by atoms with Gasteiger partial charge in [0.2, 0.25) is 0 Å². The molecular weight excluding hydrogens is 200 g/mol. The molecule has 1 aliphatic heterocycles. The first-order valence-electron chi connectivity index (χ1n) is 5.79. The van der Waals surface area contributed by atoms with Crippen molar-refractivity contribution in [3.63, 3.8) is 0 Å². The van der Waals surface area contributed by atoms with Crippen LogP contribution in [0.5, 0.6) is 5.75 Å². The quantitative estimate of drug-likeness (QED) is 0.828. The Labute approximate surface area is 97.2 Å². The number of methoxy groups -OCH3 is 1. The maximum absolute atomic E-state index is 6.13. The first-order valence-corrected chi connectivity index (χ1v) is 5.79. The van der Waals surface area contributed by atoms with Gasteiger partial charge in [-0.25, -0.2) is 0 Å². The molecule has 3 heteroatoms. The predicted molar refractivity (Wildman–Crippen MR) is 67.0 cm³/mol. The number of hydrogen-bond acceptors (Lipinski definition) is 3. The second-order valence-corrected chi connectivity index (χ2v) is 4.81. The largest absolute Gasteiger partial charge is 0.495 e. The molecule has 0 amide bonds. The zero-order valence-corrected chi connectivity index (χ0v) is 10.1. The lowest BCUT2D eigenvalue weighted by atomic mass is 9.91. The first-order chi connectivity index (χ1) is 7.62. The number of piperidine rings is 1. The Morgan fingerprint density at radius 3 is 2.50 bits per heavy atom. The fourth-order valence-electron chi connectivity index (χ4n) is 2.15. The van der Waals surface area contributed by atoms with Crippen molar-refractivity contribution in [1.29, 1.82) is 0 Å². The van der Waals surface area contributed by atoms with Gasteiger partial charge in [0.15, 0.2) is 0 Å². The maximum Gasteiger partial charge on any atom is 0.142 e. The lowest BCUT2D eigenvalue weighted by Crippen LogP contribution is -2.48. The number of nitrogens with zero attached hydrogens (tertiary/aromatic N) is 1. The molecule has 0 unspecified atom stereocenters. The van der Waals surface area contributed by atoms with Gasteiger partial charge in [0.25, 0.3) is 0 Å². The van der Waals surface area contributed by atoms with Gasteiger partial charge in [-0.1, -0.05) is 12.1 Å². The second-order valence-electron chi connectivity index (χ2n) is 4.81. The van der Waals surface area contributed by atoms with Crippen molar-refractivity contribution < 1.29 is 4.74 Å². The number of nitrogens with two attached hydrogens (primary N) is 1. The van der Waals surface area contributed by atoms with Gasteiger partial charge in [0, 0.05) is 18.6 Å². The molecule has 0 radical (unpaired) electrons. The number of ether oxygens (including phenoxy) is 1. The summed E-state index contributed by atoms with van der Waals surface area (Å²) >= 11 is 0. The Bertz CT molecular complexity index is 353. The van der Waals surface area contributed by atoms with Crippen LogP contribution in [0.15, 0.2) is 24.3 Å². The average molecular weight is 220 g/mol. The van der Waals surface area contributed by atoms with E-state index in [1.807, 2.05) is 18.2 Å². The van der Waals surface area contributed by atoms with Gasteiger partial charge in [-0.15, -0.1) is 0 Å². The number of anilines is 1. The topological polar surface area (TPSA) is 38.5 Å². The van der Waals surface area contributed by atoms with E-state index in [-0.39, 0.29) is 5.54 Å². The fourth-order valence-corrected chi connectivity index (χ4v) is 2.15. The molecule has 1 heterocycles. The first kappa shape index (κ1) is 11.3. The van der Waals surface area contributed by atoms with Gasteiger partial charge in [-0.2, -0.15) is 0 Å². The minimum absolute atomic E-state index is 0.00147. The van der Waals surface area contributed by atoms with Crippen LogP contribution in [0.4, 0.5) is 5.69 Å². The van der Waals surface area contributed by atoms with Crippen LogP contribution in [0.2, 0.25) is 0 Å². The molecule has 0 bridgehead atoms. The monoisotopic (exact) mass is 220 g/mol. The number of rotatable bonds is 2. The molecule has 0 spiro atoms. The highest BCUT2D eigenvalue weighted by Gasteiger charge is 2.26. The van der Waals surface area contributed by atoms with Crippen LogP contribution in [-0.2, 0) is 0 Å². The standard InChI is InChI=1S/C13H20N2O/c1-13(14)7-9-15(10-8-13)11-5-3-4-6-12(11)16-2/h3-6H,7-10,14H2,1-2H3. The molecular formula is C13H20N2O. The lowest BCUT2D eigenvalue weighted by Gasteiger charge is -2.38. The van der Waals surface area contributed by atoms with Gasteiger partial charge in [-0.3, -0.25) is 0 Å². The molecule has 2 N–H and O–H groups in total. The van der Waals surface area contributed by atoms with E-state index in [2.05, 4.69) is 17.9 Å². The van der Waals surface area contributed by atoms with E-state index in [4.69, 9.17) is 10.5 Å². The second kappa shape index (κ2) is 4.34. The summed E-state index contributed by atoms with van der Waals surface area (Å²) in [4.78, 5) is 2.35. The van der Waals surface area contributed by atoms with Crippen molar-refractivity contribution in [2.45, 2.75) is 25.3 Å². The van der Waals surface area contributed by atoms with Crippen LogP contribution in [-0.4, -0.2) is 25.7 Å². The van der Waals surface area contributed by atoms with Gasteiger partial charge in [0.05, 0.1) is 12.8 Å². The Kier molecular flexibility index (Phi) is 3.06. The smallest absolute Gasteiger partial charge is 0.142 e. The molecule has 1 aromatic rings. The SMILES string of the molecule is COc1ccccc1N1CCC(C)(N)CC1. The molecule has 1 fully saturated rings. The van der Waals surface area contributed by atoms with Crippen LogP contribution in [0.3, 0.4) is 0 Å². The van der Waals surface area contributed by atoms with Crippen LogP contribution < -0.4 is 15.4 Å². The van der Waals surface area contributed by atoms with Crippen LogP contribution >= 0.6 is 0 Å². The molecule has 0 aliphatic carbocycles. The number of benzene rings is 1. The molecule has 2 rings (SSSR count). The lowest BCUT2D eigenvalue weighted by molar-refractivity contribution is 0.359. The van der Waals surface area contributed by atoms with Crippen molar-refractivity contribution >= 4 is 5.69 Å². The summed E-state index contributed by atoms with van der Waals surface area (Å²) < 4.78 is 5.38. The molecule has 1 saturated heterocycles. The highest BCUT2D eigenvalue weighted by atomic mass is 16.5. The maximum atomic E-state index is 6.13. The predicted octanol–water partition coefficient (Wildman–Crippen LogP) is 2.01. The zero-order chi connectivity index (χ0) is 11.6. The van der Waals surface area contributed by atoms with Crippen molar-refractivity contribution in [3.05, 3.63) is 24.3 Å². The van der Waals surface area contributed by atoms with Gasteiger partial charge < -0.3 is 15.4 Å². The van der Waals surface area contributed by atoms with E-state index in [1.165, 1.54) is 5.69 Å². The summed E-state index contributed by atoms with van der Waals surface area (Å²) in [5, 5.41) is 0. The highest BCUT2D eigenvalue weighted by molar-refractivity contribution is 5.58. The summed E-state index contributed by atoms with van der Waals surface area (Å²) in [6.07, 6.45) is 2.07. The Hall–Kier alpha value is -1.22. The molecule has 0 saturated carbocycles. The third kappa shape index (κ3) is 2.30. The van der Waals surface area contributed by atoms with Gasteiger partial charge >= 0.3 is 0 Å².